The van der Waals surface area contributed by atoms with Gasteiger partial charge in [-0.2, -0.15) is 0 Å². The summed E-state index contributed by atoms with van der Waals surface area (Å²) < 4.78 is 0. The Bertz CT molecular complexity index is 289. The first-order valence-corrected chi connectivity index (χ1v) is 6.90. The van der Waals surface area contributed by atoms with Gasteiger partial charge in [0.15, 0.2) is 0 Å². The number of hydrogen-bond acceptors (Lipinski definition) is 3. The summed E-state index contributed by atoms with van der Waals surface area (Å²) in [5.41, 5.74) is 0. The Hall–Kier alpha value is -0.710. The number of piperidine rings is 1. The number of carboxylic acid groups (broad SMARTS) is 1. The summed E-state index contributed by atoms with van der Waals surface area (Å²) in [6.45, 7) is 0.618. The molecule has 0 bridgehead atoms. The number of amides is 1. The van der Waals surface area contributed by atoms with Crippen molar-refractivity contribution < 1.29 is 14.7 Å². The molecule has 0 aromatic heterocycles. The second-order valence-corrected chi connectivity index (χ2v) is 5.69. The number of hydrogen-bond donors (Lipinski definition) is 1. The van der Waals surface area contributed by atoms with E-state index < -0.39 is 12.0 Å². The maximum Gasteiger partial charge on any atom is 0.326 e. The van der Waals surface area contributed by atoms with E-state index in [0.29, 0.717) is 13.0 Å². The molecular weight excluding hydrogens is 226 g/mol. The molecule has 0 aromatic rings. The van der Waals surface area contributed by atoms with Crippen molar-refractivity contribution in [3.63, 3.8) is 0 Å². The quantitative estimate of drug-likeness (QED) is 0.795. The first kappa shape index (κ1) is 11.8. The number of carboxylic acids is 1. The van der Waals surface area contributed by atoms with Crippen molar-refractivity contribution >= 4 is 23.6 Å². The minimum absolute atomic E-state index is 0.0138. The zero-order chi connectivity index (χ0) is 11.5. The van der Waals surface area contributed by atoms with Crippen molar-refractivity contribution in [1.82, 2.24) is 4.90 Å². The second-order valence-electron chi connectivity index (χ2n) is 4.38. The summed E-state index contributed by atoms with van der Waals surface area (Å²) in [4.78, 5) is 24.8. The smallest absolute Gasteiger partial charge is 0.326 e. The van der Waals surface area contributed by atoms with Gasteiger partial charge in [-0.3, -0.25) is 4.79 Å². The highest BCUT2D eigenvalue weighted by molar-refractivity contribution is 8.00. The number of thioether (sulfide) groups is 1. The minimum atomic E-state index is -0.851. The Kier molecular flexibility index (Phi) is 3.74. The number of nitrogens with zero attached hydrogens (tertiary/aromatic N) is 1. The van der Waals surface area contributed by atoms with Crippen LogP contribution >= 0.6 is 11.8 Å². The van der Waals surface area contributed by atoms with Crippen LogP contribution in [-0.4, -0.2) is 45.5 Å². The predicted octanol–water partition coefficient (Wildman–Crippen LogP) is 1.35. The molecule has 2 heterocycles. The van der Waals surface area contributed by atoms with Crippen LogP contribution in [-0.2, 0) is 9.59 Å². The molecule has 1 amide bonds. The van der Waals surface area contributed by atoms with Gasteiger partial charge in [0.25, 0.3) is 0 Å². The maximum atomic E-state index is 12.2. The summed E-state index contributed by atoms with van der Waals surface area (Å²) in [6, 6.07) is -0.581. The molecule has 2 rings (SSSR count). The molecule has 16 heavy (non-hydrogen) atoms. The molecule has 4 nitrogen and oxygen atoms in total. The number of rotatable bonds is 2. The Morgan fingerprint density at radius 3 is 2.62 bits per heavy atom. The third kappa shape index (κ3) is 2.34. The molecule has 0 saturated carbocycles. The zero-order valence-corrected chi connectivity index (χ0v) is 10.0. The van der Waals surface area contributed by atoms with Gasteiger partial charge in [0, 0.05) is 6.54 Å². The summed E-state index contributed by atoms with van der Waals surface area (Å²) in [6.07, 6.45) is 4.45. The first-order valence-electron chi connectivity index (χ1n) is 5.85. The van der Waals surface area contributed by atoms with Crippen LogP contribution in [0.4, 0.5) is 0 Å². The van der Waals surface area contributed by atoms with Gasteiger partial charge in [0.05, 0.1) is 5.25 Å². The SMILES string of the molecule is O=C(O)C1CCCCN1C(=O)C1CCCS1. The van der Waals surface area contributed by atoms with Gasteiger partial charge < -0.3 is 10.0 Å². The van der Waals surface area contributed by atoms with E-state index in [1.807, 2.05) is 0 Å². The van der Waals surface area contributed by atoms with Crippen molar-refractivity contribution in [2.45, 2.75) is 43.4 Å². The molecule has 90 valence electrons. The Morgan fingerprint density at radius 1 is 1.19 bits per heavy atom. The van der Waals surface area contributed by atoms with E-state index in [4.69, 9.17) is 5.11 Å². The van der Waals surface area contributed by atoms with Crippen LogP contribution in [0.3, 0.4) is 0 Å². The molecule has 2 fully saturated rings. The van der Waals surface area contributed by atoms with Gasteiger partial charge in [-0.1, -0.05) is 0 Å². The normalized spacial score (nSPS) is 30.4. The van der Waals surface area contributed by atoms with Crippen LogP contribution in [0.25, 0.3) is 0 Å². The highest BCUT2D eigenvalue weighted by atomic mass is 32.2. The molecule has 2 unspecified atom stereocenters. The molecule has 2 aliphatic rings. The van der Waals surface area contributed by atoms with Gasteiger partial charge in [-0.25, -0.2) is 4.79 Å². The molecule has 2 atom stereocenters. The van der Waals surface area contributed by atoms with Gasteiger partial charge >= 0.3 is 5.97 Å². The fourth-order valence-corrected chi connectivity index (χ4v) is 3.64. The third-order valence-electron chi connectivity index (χ3n) is 3.28. The molecular formula is C11H17NO3S. The lowest BCUT2D eigenvalue weighted by Gasteiger charge is -2.34. The number of carbonyl (C=O) groups excluding carboxylic acids is 1. The van der Waals surface area contributed by atoms with Gasteiger partial charge in [-0.15, -0.1) is 11.8 Å². The van der Waals surface area contributed by atoms with Crippen LogP contribution in [0.15, 0.2) is 0 Å². The maximum absolute atomic E-state index is 12.2. The molecule has 2 aliphatic heterocycles. The molecule has 0 radical (unpaired) electrons. The Balaban J connectivity index is 2.04. The predicted molar refractivity (Wildman–Crippen MR) is 62.5 cm³/mol. The molecule has 0 spiro atoms. The summed E-state index contributed by atoms with van der Waals surface area (Å²) in [5, 5.41) is 9.11. The van der Waals surface area contributed by atoms with Crippen LogP contribution in [0.1, 0.15) is 32.1 Å². The van der Waals surface area contributed by atoms with E-state index in [1.165, 1.54) is 0 Å². The molecule has 1 N–H and O–H groups in total. The highest BCUT2D eigenvalue weighted by Gasteiger charge is 2.36. The lowest BCUT2D eigenvalue weighted by molar-refractivity contribution is -0.151. The largest absolute Gasteiger partial charge is 0.480 e. The van der Waals surface area contributed by atoms with E-state index in [1.54, 1.807) is 16.7 Å². The van der Waals surface area contributed by atoms with E-state index in [9.17, 15) is 9.59 Å². The highest BCUT2D eigenvalue weighted by Crippen LogP contribution is 2.30. The minimum Gasteiger partial charge on any atom is -0.480 e. The van der Waals surface area contributed by atoms with E-state index >= 15 is 0 Å². The lowest BCUT2D eigenvalue weighted by Crippen LogP contribution is -2.50. The van der Waals surface area contributed by atoms with Crippen LogP contribution in [0, 0.1) is 0 Å². The zero-order valence-electron chi connectivity index (χ0n) is 9.22. The fraction of sp³-hybridized carbons (Fsp3) is 0.818. The third-order valence-corrected chi connectivity index (χ3v) is 4.64. The van der Waals surface area contributed by atoms with E-state index in [-0.39, 0.29) is 11.2 Å². The van der Waals surface area contributed by atoms with Crippen molar-refractivity contribution in [2.24, 2.45) is 0 Å². The van der Waals surface area contributed by atoms with Gasteiger partial charge in [-0.05, 0) is 37.9 Å². The topological polar surface area (TPSA) is 57.6 Å². The average Bonchev–Trinajstić information content (AvgIpc) is 2.81. The number of likely N-dealkylation sites (tertiary alicyclic amines) is 1. The van der Waals surface area contributed by atoms with Gasteiger partial charge in [0.1, 0.15) is 6.04 Å². The Morgan fingerprint density at radius 2 is 2.00 bits per heavy atom. The van der Waals surface area contributed by atoms with Gasteiger partial charge in [0.2, 0.25) is 5.91 Å². The van der Waals surface area contributed by atoms with Crippen molar-refractivity contribution in [1.29, 1.82) is 0 Å². The summed E-state index contributed by atoms with van der Waals surface area (Å²) in [7, 11) is 0. The summed E-state index contributed by atoms with van der Waals surface area (Å²) >= 11 is 1.67. The standard InChI is InChI=1S/C11H17NO3S/c13-10(9-5-3-7-16-9)12-6-2-1-4-8(12)11(14)15/h8-9H,1-7H2,(H,14,15). The van der Waals surface area contributed by atoms with Crippen molar-refractivity contribution in [3.8, 4) is 0 Å². The van der Waals surface area contributed by atoms with Crippen LogP contribution in [0.2, 0.25) is 0 Å². The van der Waals surface area contributed by atoms with Crippen molar-refractivity contribution in [3.05, 3.63) is 0 Å². The van der Waals surface area contributed by atoms with Crippen LogP contribution in [0.5, 0.6) is 0 Å². The van der Waals surface area contributed by atoms with Crippen molar-refractivity contribution in [2.75, 3.05) is 12.3 Å². The lowest BCUT2D eigenvalue weighted by atomic mass is 10.0. The monoisotopic (exact) mass is 243 g/mol. The average molecular weight is 243 g/mol. The molecule has 0 aromatic carbocycles. The summed E-state index contributed by atoms with van der Waals surface area (Å²) in [5.74, 6) is 0.229. The number of carbonyl (C=O) groups is 2. The second kappa shape index (κ2) is 5.08. The van der Waals surface area contributed by atoms with Crippen LogP contribution < -0.4 is 0 Å². The van der Waals surface area contributed by atoms with E-state index in [0.717, 1.165) is 31.4 Å². The Labute approximate surface area is 99.4 Å². The first-order chi connectivity index (χ1) is 7.70. The molecule has 0 aliphatic carbocycles. The van der Waals surface area contributed by atoms with E-state index in [2.05, 4.69) is 0 Å². The fourth-order valence-electron chi connectivity index (χ4n) is 2.41. The number of aliphatic carboxylic acids is 1. The molecule has 2 saturated heterocycles. The molecule has 5 heteroatoms.